The van der Waals surface area contributed by atoms with E-state index in [0.29, 0.717) is 18.7 Å². The summed E-state index contributed by atoms with van der Waals surface area (Å²) in [7, 11) is -3.71. The smallest absolute Gasteiger partial charge is 0.253 e. The van der Waals surface area contributed by atoms with Crippen molar-refractivity contribution in [1.29, 1.82) is 0 Å². The lowest BCUT2D eigenvalue weighted by atomic mass is 9.86. The number of hydrogen-bond donors (Lipinski definition) is 1. The van der Waals surface area contributed by atoms with Crippen LogP contribution in [0.3, 0.4) is 0 Å². The molecule has 0 aliphatic heterocycles. The Labute approximate surface area is 166 Å². The molecule has 148 valence electrons. The molecule has 5 nitrogen and oxygen atoms in total. The van der Waals surface area contributed by atoms with Crippen molar-refractivity contribution in [3.63, 3.8) is 0 Å². The van der Waals surface area contributed by atoms with Crippen LogP contribution < -0.4 is 4.72 Å². The number of sulfonamides is 1. The van der Waals surface area contributed by atoms with E-state index in [1.165, 1.54) is 23.5 Å². The molecule has 0 bridgehead atoms. The van der Waals surface area contributed by atoms with Crippen LogP contribution in [0.2, 0.25) is 0 Å². The fraction of sp³-hybridized carbons (Fsp3) is 0.450. The molecule has 1 amide bonds. The van der Waals surface area contributed by atoms with Gasteiger partial charge in [0, 0.05) is 23.5 Å². The van der Waals surface area contributed by atoms with Gasteiger partial charge in [-0.05, 0) is 55.0 Å². The Balaban J connectivity index is 2.27. The highest BCUT2D eigenvalue weighted by molar-refractivity contribution is 7.89. The van der Waals surface area contributed by atoms with Crippen LogP contribution in [-0.4, -0.2) is 32.3 Å². The normalized spacial score (nSPS) is 13.4. The van der Waals surface area contributed by atoms with Gasteiger partial charge in [-0.3, -0.25) is 4.79 Å². The van der Waals surface area contributed by atoms with Crippen molar-refractivity contribution in [3.05, 3.63) is 52.2 Å². The monoisotopic (exact) mass is 408 g/mol. The van der Waals surface area contributed by atoms with Crippen molar-refractivity contribution in [2.75, 3.05) is 13.1 Å². The second-order valence-electron chi connectivity index (χ2n) is 7.44. The topological polar surface area (TPSA) is 66.5 Å². The van der Waals surface area contributed by atoms with Crippen molar-refractivity contribution >= 4 is 27.3 Å². The second kappa shape index (κ2) is 8.54. The molecular formula is C20H28N2O3S2. The minimum Gasteiger partial charge on any atom is -0.339 e. The van der Waals surface area contributed by atoms with E-state index in [4.69, 9.17) is 0 Å². The Morgan fingerprint density at radius 3 is 2.15 bits per heavy atom. The third kappa shape index (κ3) is 5.18. The molecule has 0 fully saturated rings. The van der Waals surface area contributed by atoms with E-state index < -0.39 is 10.0 Å². The number of nitrogens with zero attached hydrogens (tertiary/aromatic N) is 1. The predicted octanol–water partition coefficient (Wildman–Crippen LogP) is 4.30. The third-order valence-corrected chi connectivity index (χ3v) is 6.80. The first-order chi connectivity index (χ1) is 12.6. The Morgan fingerprint density at radius 2 is 1.70 bits per heavy atom. The summed E-state index contributed by atoms with van der Waals surface area (Å²) < 4.78 is 28.7. The highest BCUT2D eigenvalue weighted by atomic mass is 32.2. The Morgan fingerprint density at radius 1 is 1.11 bits per heavy atom. The van der Waals surface area contributed by atoms with Gasteiger partial charge in [-0.2, -0.15) is 0 Å². The first-order valence-corrected chi connectivity index (χ1v) is 11.4. The molecule has 7 heteroatoms. The van der Waals surface area contributed by atoms with Crippen molar-refractivity contribution in [3.8, 4) is 0 Å². The molecule has 1 N–H and O–H groups in total. The average Bonchev–Trinajstić information content (AvgIpc) is 3.14. The summed E-state index contributed by atoms with van der Waals surface area (Å²) in [6.45, 7) is 11.1. The molecular weight excluding hydrogens is 380 g/mol. The van der Waals surface area contributed by atoms with Gasteiger partial charge in [0.1, 0.15) is 0 Å². The molecule has 27 heavy (non-hydrogen) atoms. The van der Waals surface area contributed by atoms with E-state index in [1.54, 1.807) is 17.0 Å². The average molecular weight is 409 g/mol. The molecule has 0 aliphatic rings. The minimum atomic E-state index is -3.71. The third-order valence-electron chi connectivity index (χ3n) is 4.43. The number of nitrogens with one attached hydrogen (secondary N) is 1. The SMILES string of the molecule is CCN(CC)C(=O)c1ccc(S(=O)(=O)NC(c2cccs2)C(C)(C)C)cc1. The van der Waals surface area contributed by atoms with Crippen LogP contribution in [0.4, 0.5) is 0 Å². The molecule has 0 radical (unpaired) electrons. The van der Waals surface area contributed by atoms with E-state index in [-0.39, 0.29) is 22.3 Å². The summed E-state index contributed by atoms with van der Waals surface area (Å²) in [5.41, 5.74) is 0.208. The fourth-order valence-corrected chi connectivity index (χ4v) is 5.33. The molecule has 0 saturated carbocycles. The summed E-state index contributed by atoms with van der Waals surface area (Å²) in [6.07, 6.45) is 0. The van der Waals surface area contributed by atoms with Crippen molar-refractivity contribution in [2.24, 2.45) is 5.41 Å². The highest BCUT2D eigenvalue weighted by Gasteiger charge is 2.31. The largest absolute Gasteiger partial charge is 0.339 e. The molecule has 1 aromatic heterocycles. The van der Waals surface area contributed by atoms with E-state index in [1.807, 2.05) is 52.1 Å². The Bertz CT molecular complexity index is 848. The molecule has 0 spiro atoms. The van der Waals surface area contributed by atoms with Crippen LogP contribution in [0.5, 0.6) is 0 Å². The lowest BCUT2D eigenvalue weighted by Gasteiger charge is -2.30. The summed E-state index contributed by atoms with van der Waals surface area (Å²) in [5, 5.41) is 1.94. The molecule has 2 aromatic rings. The molecule has 1 aromatic carbocycles. The number of carbonyl (C=O) groups excluding carboxylic acids is 1. The number of amides is 1. The number of thiophene rings is 1. The second-order valence-corrected chi connectivity index (χ2v) is 10.1. The molecule has 1 unspecified atom stereocenters. The van der Waals surface area contributed by atoms with Gasteiger partial charge in [-0.1, -0.05) is 26.8 Å². The van der Waals surface area contributed by atoms with Gasteiger partial charge in [-0.25, -0.2) is 13.1 Å². The van der Waals surface area contributed by atoms with Gasteiger partial charge in [-0.15, -0.1) is 11.3 Å². The quantitative estimate of drug-likeness (QED) is 0.743. The van der Waals surface area contributed by atoms with Crippen LogP contribution in [0.1, 0.15) is 55.9 Å². The lowest BCUT2D eigenvalue weighted by Crippen LogP contribution is -2.36. The zero-order valence-electron chi connectivity index (χ0n) is 16.5. The lowest BCUT2D eigenvalue weighted by molar-refractivity contribution is 0.0773. The number of carbonyl (C=O) groups is 1. The minimum absolute atomic E-state index is 0.0944. The standard InChI is InChI=1S/C20H28N2O3S2/c1-6-22(7-2)19(23)15-10-12-16(13-11-15)27(24,25)21-18(20(3,4)5)17-9-8-14-26-17/h8-14,18,21H,6-7H2,1-5H3. The first kappa shape index (κ1) is 21.6. The van der Waals surface area contributed by atoms with Crippen LogP contribution in [-0.2, 0) is 10.0 Å². The van der Waals surface area contributed by atoms with E-state index >= 15 is 0 Å². The molecule has 1 heterocycles. The summed E-state index contributed by atoms with van der Waals surface area (Å²) in [5.74, 6) is -0.0944. The molecule has 0 aliphatic carbocycles. The first-order valence-electron chi connectivity index (χ1n) is 9.05. The van der Waals surface area contributed by atoms with E-state index in [9.17, 15) is 13.2 Å². The van der Waals surface area contributed by atoms with Crippen LogP contribution in [0, 0.1) is 5.41 Å². The zero-order valence-corrected chi connectivity index (χ0v) is 18.2. The summed E-state index contributed by atoms with van der Waals surface area (Å²) in [6, 6.07) is 9.66. The maximum atomic E-state index is 12.9. The van der Waals surface area contributed by atoms with Gasteiger partial charge in [0.05, 0.1) is 10.9 Å². The fourth-order valence-electron chi connectivity index (χ4n) is 2.81. The van der Waals surface area contributed by atoms with Crippen LogP contribution in [0.25, 0.3) is 0 Å². The number of hydrogen-bond acceptors (Lipinski definition) is 4. The van der Waals surface area contributed by atoms with Crippen LogP contribution in [0.15, 0.2) is 46.7 Å². The van der Waals surface area contributed by atoms with Gasteiger partial charge in [0.25, 0.3) is 5.91 Å². The summed E-state index contributed by atoms with van der Waals surface area (Å²) >= 11 is 1.53. The Hall–Kier alpha value is -1.70. The number of benzene rings is 1. The van der Waals surface area contributed by atoms with Gasteiger partial charge in [0.2, 0.25) is 10.0 Å². The highest BCUT2D eigenvalue weighted by Crippen LogP contribution is 2.36. The van der Waals surface area contributed by atoms with E-state index in [0.717, 1.165) is 4.88 Å². The Kier molecular flexibility index (Phi) is 6.83. The van der Waals surface area contributed by atoms with E-state index in [2.05, 4.69) is 4.72 Å². The van der Waals surface area contributed by atoms with Gasteiger partial charge < -0.3 is 4.90 Å². The maximum absolute atomic E-state index is 12.9. The molecule has 0 saturated heterocycles. The molecule has 1 atom stereocenters. The predicted molar refractivity (Wildman–Crippen MR) is 111 cm³/mol. The summed E-state index contributed by atoms with van der Waals surface area (Å²) in [4.78, 5) is 15.2. The van der Waals surface area contributed by atoms with Gasteiger partial charge >= 0.3 is 0 Å². The van der Waals surface area contributed by atoms with Gasteiger partial charge in [0.15, 0.2) is 0 Å². The zero-order chi connectivity index (χ0) is 20.2. The number of rotatable bonds is 7. The van der Waals surface area contributed by atoms with Crippen molar-refractivity contribution in [2.45, 2.75) is 45.6 Å². The molecule has 2 rings (SSSR count). The van der Waals surface area contributed by atoms with Crippen LogP contribution >= 0.6 is 11.3 Å². The maximum Gasteiger partial charge on any atom is 0.253 e. The van der Waals surface area contributed by atoms with Crippen molar-refractivity contribution in [1.82, 2.24) is 9.62 Å². The van der Waals surface area contributed by atoms with Crippen molar-refractivity contribution < 1.29 is 13.2 Å².